The van der Waals surface area contributed by atoms with Crippen molar-refractivity contribution in [3.05, 3.63) is 82.0 Å². The number of hydrogen-bond acceptors (Lipinski definition) is 4. The van der Waals surface area contributed by atoms with Crippen molar-refractivity contribution in [2.45, 2.75) is 13.3 Å². The van der Waals surface area contributed by atoms with Crippen LogP contribution < -0.4 is 4.90 Å². The molecule has 4 rings (SSSR count). The van der Waals surface area contributed by atoms with Gasteiger partial charge in [0.15, 0.2) is 0 Å². The van der Waals surface area contributed by atoms with Crippen molar-refractivity contribution >= 4 is 23.2 Å². The summed E-state index contributed by atoms with van der Waals surface area (Å²) in [5, 5.41) is 4.70. The lowest BCUT2D eigenvalue weighted by Crippen LogP contribution is -2.48. The number of anilines is 1. The summed E-state index contributed by atoms with van der Waals surface area (Å²) >= 11 is 6.13. The van der Waals surface area contributed by atoms with Crippen molar-refractivity contribution in [1.29, 1.82) is 0 Å². The normalized spacial score (nSPS) is 14.3. The highest BCUT2D eigenvalue weighted by atomic mass is 35.5. The standard InChI is InChI=1S/C22H21ClFN3O2/c1-15-2-5-17(23)13-20(15)26-8-10-27(11-9-26)22(28)21-14-19(25-29-21)12-16-3-6-18(24)7-4-16/h2-7,13-14H,8-12H2,1H3. The van der Waals surface area contributed by atoms with E-state index in [-0.39, 0.29) is 17.5 Å². The molecule has 1 amide bonds. The van der Waals surface area contributed by atoms with Crippen molar-refractivity contribution in [3.63, 3.8) is 0 Å². The number of benzene rings is 2. The molecule has 5 nitrogen and oxygen atoms in total. The van der Waals surface area contributed by atoms with Crippen molar-refractivity contribution in [2.75, 3.05) is 31.1 Å². The van der Waals surface area contributed by atoms with Gasteiger partial charge in [-0.25, -0.2) is 4.39 Å². The lowest BCUT2D eigenvalue weighted by atomic mass is 10.1. The Balaban J connectivity index is 1.38. The van der Waals surface area contributed by atoms with Crippen molar-refractivity contribution in [3.8, 4) is 0 Å². The number of rotatable bonds is 4. The fourth-order valence-electron chi connectivity index (χ4n) is 3.54. The Morgan fingerprint density at radius 1 is 1.10 bits per heavy atom. The van der Waals surface area contributed by atoms with E-state index in [1.54, 1.807) is 23.1 Å². The molecule has 1 fully saturated rings. The largest absolute Gasteiger partial charge is 0.368 e. The molecule has 1 aliphatic rings. The second kappa shape index (κ2) is 8.25. The minimum absolute atomic E-state index is 0.162. The molecule has 0 aliphatic carbocycles. The van der Waals surface area contributed by atoms with Gasteiger partial charge in [-0.05, 0) is 42.3 Å². The molecule has 0 N–H and O–H groups in total. The van der Waals surface area contributed by atoms with E-state index in [4.69, 9.17) is 16.1 Å². The van der Waals surface area contributed by atoms with Gasteiger partial charge in [0.1, 0.15) is 5.82 Å². The van der Waals surface area contributed by atoms with Crippen molar-refractivity contribution < 1.29 is 13.7 Å². The summed E-state index contributed by atoms with van der Waals surface area (Å²) in [5.41, 5.74) is 3.82. The van der Waals surface area contributed by atoms with Gasteiger partial charge >= 0.3 is 0 Å². The van der Waals surface area contributed by atoms with Crippen LogP contribution in [0.4, 0.5) is 10.1 Å². The molecular weight excluding hydrogens is 393 g/mol. The van der Waals surface area contributed by atoms with E-state index in [2.05, 4.69) is 17.0 Å². The van der Waals surface area contributed by atoms with E-state index in [9.17, 15) is 9.18 Å². The Bertz CT molecular complexity index is 1010. The highest BCUT2D eigenvalue weighted by Gasteiger charge is 2.25. The molecule has 7 heteroatoms. The summed E-state index contributed by atoms with van der Waals surface area (Å²) < 4.78 is 18.3. The molecule has 150 valence electrons. The Morgan fingerprint density at radius 2 is 1.83 bits per heavy atom. The summed E-state index contributed by atoms with van der Waals surface area (Å²) in [4.78, 5) is 16.8. The second-order valence-electron chi connectivity index (χ2n) is 7.20. The zero-order valence-electron chi connectivity index (χ0n) is 16.1. The molecule has 0 spiro atoms. The number of aromatic nitrogens is 1. The van der Waals surface area contributed by atoms with Crippen LogP contribution in [0.15, 0.2) is 53.1 Å². The van der Waals surface area contributed by atoms with Gasteiger partial charge in [0.2, 0.25) is 5.76 Å². The SMILES string of the molecule is Cc1ccc(Cl)cc1N1CCN(C(=O)c2cc(Cc3ccc(F)cc3)no2)CC1. The molecule has 1 aliphatic heterocycles. The molecule has 1 aromatic heterocycles. The Labute approximate surface area is 173 Å². The van der Waals surface area contributed by atoms with E-state index in [0.717, 1.165) is 29.9 Å². The molecule has 2 aromatic carbocycles. The van der Waals surface area contributed by atoms with Crippen LogP contribution in [0.1, 0.15) is 27.4 Å². The average molecular weight is 414 g/mol. The van der Waals surface area contributed by atoms with Crippen molar-refractivity contribution in [2.24, 2.45) is 0 Å². The van der Waals surface area contributed by atoms with Crippen LogP contribution in [0.3, 0.4) is 0 Å². The van der Waals surface area contributed by atoms with Crippen LogP contribution in [0.25, 0.3) is 0 Å². The first-order chi connectivity index (χ1) is 14.0. The zero-order valence-corrected chi connectivity index (χ0v) is 16.8. The maximum absolute atomic E-state index is 13.0. The number of piperazine rings is 1. The lowest BCUT2D eigenvalue weighted by Gasteiger charge is -2.36. The number of aryl methyl sites for hydroxylation is 1. The molecule has 29 heavy (non-hydrogen) atoms. The smallest absolute Gasteiger partial charge is 0.292 e. The summed E-state index contributed by atoms with van der Waals surface area (Å²) in [5.74, 6) is -0.211. The molecule has 1 saturated heterocycles. The van der Waals surface area contributed by atoms with Crippen LogP contribution in [0.5, 0.6) is 0 Å². The maximum atomic E-state index is 13.0. The third-order valence-electron chi connectivity index (χ3n) is 5.15. The summed E-state index contributed by atoms with van der Waals surface area (Å²) in [6.45, 7) is 4.70. The Kier molecular flexibility index (Phi) is 5.53. The molecule has 0 unspecified atom stereocenters. The van der Waals surface area contributed by atoms with E-state index >= 15 is 0 Å². The predicted molar refractivity (Wildman–Crippen MR) is 110 cm³/mol. The van der Waals surface area contributed by atoms with Crippen molar-refractivity contribution in [1.82, 2.24) is 10.1 Å². The van der Waals surface area contributed by atoms with Crippen LogP contribution in [0, 0.1) is 12.7 Å². The average Bonchev–Trinajstić information content (AvgIpc) is 3.19. The molecule has 0 radical (unpaired) electrons. The highest BCUT2D eigenvalue weighted by molar-refractivity contribution is 6.30. The fourth-order valence-corrected chi connectivity index (χ4v) is 3.70. The highest BCUT2D eigenvalue weighted by Crippen LogP contribution is 2.25. The number of halogens is 2. The molecule has 3 aromatic rings. The maximum Gasteiger partial charge on any atom is 0.292 e. The first-order valence-electron chi connectivity index (χ1n) is 9.50. The van der Waals surface area contributed by atoms with Gasteiger partial charge in [-0.15, -0.1) is 0 Å². The summed E-state index contributed by atoms with van der Waals surface area (Å²) in [6, 6.07) is 13.7. The monoisotopic (exact) mass is 413 g/mol. The number of hydrogen-bond donors (Lipinski definition) is 0. The molecule has 2 heterocycles. The van der Waals surface area contributed by atoms with E-state index in [1.807, 2.05) is 18.2 Å². The topological polar surface area (TPSA) is 49.6 Å². The quantitative estimate of drug-likeness (QED) is 0.638. The van der Waals surface area contributed by atoms with Crippen LogP contribution in [-0.2, 0) is 6.42 Å². The number of amides is 1. The molecule has 0 bridgehead atoms. The van der Waals surface area contributed by atoms with E-state index in [1.165, 1.54) is 12.1 Å². The van der Waals surface area contributed by atoms with Gasteiger partial charge in [0, 0.05) is 49.4 Å². The first-order valence-corrected chi connectivity index (χ1v) is 9.88. The second-order valence-corrected chi connectivity index (χ2v) is 7.63. The van der Waals surface area contributed by atoms with E-state index < -0.39 is 0 Å². The minimum atomic E-state index is -0.281. The fraction of sp³-hybridized carbons (Fsp3) is 0.273. The summed E-state index contributed by atoms with van der Waals surface area (Å²) in [7, 11) is 0. The zero-order chi connectivity index (χ0) is 20.4. The van der Waals surface area contributed by atoms with Crippen LogP contribution in [-0.4, -0.2) is 42.1 Å². The van der Waals surface area contributed by atoms with Gasteiger partial charge in [-0.3, -0.25) is 4.79 Å². The number of carbonyl (C=O) groups is 1. The van der Waals surface area contributed by atoms with Gasteiger partial charge < -0.3 is 14.3 Å². The van der Waals surface area contributed by atoms with Gasteiger partial charge in [0.25, 0.3) is 5.91 Å². The van der Waals surface area contributed by atoms with Gasteiger partial charge in [-0.2, -0.15) is 0 Å². The van der Waals surface area contributed by atoms with Crippen LogP contribution >= 0.6 is 11.6 Å². The molecule has 0 atom stereocenters. The van der Waals surface area contributed by atoms with Gasteiger partial charge in [0.05, 0.1) is 5.69 Å². The number of carbonyl (C=O) groups excluding carboxylic acids is 1. The van der Waals surface area contributed by atoms with E-state index in [0.29, 0.717) is 30.2 Å². The Hall–Kier alpha value is -2.86. The minimum Gasteiger partial charge on any atom is -0.368 e. The van der Waals surface area contributed by atoms with Crippen LogP contribution in [0.2, 0.25) is 5.02 Å². The lowest BCUT2D eigenvalue weighted by molar-refractivity contribution is 0.0704. The molecular formula is C22H21ClFN3O2. The predicted octanol–water partition coefficient (Wildman–Crippen LogP) is 4.33. The summed E-state index contributed by atoms with van der Waals surface area (Å²) in [6.07, 6.45) is 0.485. The van der Waals surface area contributed by atoms with Gasteiger partial charge in [-0.1, -0.05) is 35.0 Å². The third kappa shape index (κ3) is 4.43. The third-order valence-corrected chi connectivity index (χ3v) is 5.38. The Morgan fingerprint density at radius 3 is 2.55 bits per heavy atom. The first kappa shape index (κ1) is 19.5. The molecule has 0 saturated carbocycles. The number of nitrogens with zero attached hydrogens (tertiary/aromatic N) is 3.